The number of carbonyl (C=O) groups is 1. The molecule has 1 atom stereocenters. The molecule has 0 saturated carbocycles. The van der Waals surface area contributed by atoms with Crippen LogP contribution in [0.1, 0.15) is 135 Å². The molecule has 0 N–H and O–H groups in total. The Balaban J connectivity index is 0.000000397. The highest BCUT2D eigenvalue weighted by Crippen LogP contribution is 2.17. The van der Waals surface area contributed by atoms with Gasteiger partial charge in [-0.3, -0.25) is 0 Å². The normalized spacial score (nSPS) is 11.7. The summed E-state index contributed by atoms with van der Waals surface area (Å²) in [6.07, 6.45) is 25.4. The number of carboxylic acid groups (broad SMARTS) is 1. The lowest BCUT2D eigenvalue weighted by Crippen LogP contribution is -2.32. The molecule has 208 valence electrons. The minimum atomic E-state index is -1.02. The van der Waals surface area contributed by atoms with Crippen molar-refractivity contribution in [2.24, 2.45) is 5.92 Å². The van der Waals surface area contributed by atoms with Gasteiger partial charge in [-0.25, -0.2) is 4.57 Å². The largest absolute Gasteiger partial charge is 0.550 e. The Hall–Kier alpha value is -2.16. The molecule has 0 fully saturated rings. The number of benzene rings is 1. The third-order valence-electron chi connectivity index (χ3n) is 7.02. The Morgan fingerprint density at radius 2 is 1.16 bits per heavy atom. The average Bonchev–Trinajstić information content (AvgIpc) is 2.89. The van der Waals surface area contributed by atoms with Gasteiger partial charge in [0.05, 0.1) is 0 Å². The molecule has 1 aromatic carbocycles. The topological polar surface area (TPSA) is 44.0 Å². The molecule has 2 aromatic rings. The van der Waals surface area contributed by atoms with E-state index in [1.165, 1.54) is 102 Å². The van der Waals surface area contributed by atoms with E-state index in [2.05, 4.69) is 55.9 Å². The van der Waals surface area contributed by atoms with Gasteiger partial charge in [0.25, 0.3) is 0 Å². The van der Waals surface area contributed by atoms with Crippen LogP contribution in [0.15, 0.2) is 54.9 Å². The molecule has 3 heteroatoms. The second-order valence-corrected chi connectivity index (χ2v) is 11.1. The molecule has 1 heterocycles. The number of hydrogen-bond acceptors (Lipinski definition) is 2. The number of aliphatic carboxylic acids is 1. The first-order valence-corrected chi connectivity index (χ1v) is 15.2. The van der Waals surface area contributed by atoms with E-state index < -0.39 is 11.9 Å². The van der Waals surface area contributed by atoms with Crippen molar-refractivity contribution in [2.75, 3.05) is 0 Å². The summed E-state index contributed by atoms with van der Waals surface area (Å²) < 4.78 is 2.29. The van der Waals surface area contributed by atoms with Crippen LogP contribution in [0, 0.1) is 5.92 Å². The molecule has 37 heavy (non-hydrogen) atoms. The zero-order valence-electron chi connectivity index (χ0n) is 24.4. The van der Waals surface area contributed by atoms with Crippen molar-refractivity contribution in [1.82, 2.24) is 0 Å². The minimum Gasteiger partial charge on any atom is -0.550 e. The second-order valence-electron chi connectivity index (χ2n) is 11.1. The van der Waals surface area contributed by atoms with Gasteiger partial charge in [-0.1, -0.05) is 135 Å². The van der Waals surface area contributed by atoms with Crippen molar-refractivity contribution in [3.8, 4) is 0 Å². The predicted octanol–water partition coefficient (Wildman–Crippen LogP) is 8.19. The predicted molar refractivity (Wildman–Crippen MR) is 155 cm³/mol. The fourth-order valence-corrected chi connectivity index (χ4v) is 4.62. The lowest BCUT2D eigenvalue weighted by molar-refractivity contribution is -0.697. The van der Waals surface area contributed by atoms with Crippen molar-refractivity contribution >= 4 is 5.97 Å². The Bertz CT molecular complexity index is 785. The molecule has 0 radical (unpaired) electrons. The maximum Gasteiger partial charge on any atom is 0.168 e. The number of rotatable bonds is 19. The van der Waals surface area contributed by atoms with E-state index in [-0.39, 0.29) is 0 Å². The van der Waals surface area contributed by atoms with Gasteiger partial charge in [0.15, 0.2) is 12.4 Å². The van der Waals surface area contributed by atoms with Crippen molar-refractivity contribution < 1.29 is 14.5 Å². The van der Waals surface area contributed by atoms with E-state index in [0.717, 1.165) is 12.0 Å². The number of unbranched alkanes of at least 4 members (excludes halogenated alkanes) is 13. The summed E-state index contributed by atoms with van der Waals surface area (Å²) >= 11 is 0. The Labute approximate surface area is 228 Å². The van der Waals surface area contributed by atoms with Crippen LogP contribution in [0.4, 0.5) is 0 Å². The summed E-state index contributed by atoms with van der Waals surface area (Å²) in [7, 11) is 0. The summed E-state index contributed by atoms with van der Waals surface area (Å²) in [6.45, 7) is 9.45. The number of hydrogen-bond donors (Lipinski definition) is 0. The van der Waals surface area contributed by atoms with Crippen molar-refractivity contribution in [2.45, 2.75) is 136 Å². The van der Waals surface area contributed by atoms with E-state index in [4.69, 9.17) is 0 Å². The molecule has 0 aliphatic rings. The van der Waals surface area contributed by atoms with Crippen LogP contribution in [0.25, 0.3) is 0 Å². The second kappa shape index (κ2) is 21.9. The van der Waals surface area contributed by atoms with E-state index >= 15 is 0 Å². The molecule has 2 rings (SSSR count). The number of aryl methyl sites for hydroxylation is 1. The van der Waals surface area contributed by atoms with Gasteiger partial charge in [0.2, 0.25) is 0 Å². The molecule has 1 unspecified atom stereocenters. The third-order valence-corrected chi connectivity index (χ3v) is 7.02. The minimum absolute atomic E-state index is 0.530. The van der Waals surface area contributed by atoms with Gasteiger partial charge in [0.1, 0.15) is 6.54 Å². The zero-order chi connectivity index (χ0) is 27.1. The van der Waals surface area contributed by atoms with E-state index in [0.29, 0.717) is 5.92 Å². The van der Waals surface area contributed by atoms with E-state index in [1.54, 1.807) is 6.92 Å². The van der Waals surface area contributed by atoms with Crippen molar-refractivity contribution in [3.63, 3.8) is 0 Å². The molecule has 0 bridgehead atoms. The van der Waals surface area contributed by atoms with Crippen LogP contribution in [-0.4, -0.2) is 5.97 Å². The Morgan fingerprint density at radius 1 is 0.703 bits per heavy atom. The lowest BCUT2D eigenvalue weighted by atomic mass is 9.97. The smallest absolute Gasteiger partial charge is 0.168 e. The molecule has 0 spiro atoms. The number of aromatic nitrogens is 1. The molecule has 1 aromatic heterocycles. The molecular weight excluding hydrogens is 454 g/mol. The molecule has 0 saturated heterocycles. The monoisotopic (exact) mass is 509 g/mol. The first-order valence-electron chi connectivity index (χ1n) is 15.2. The molecule has 0 aliphatic heterocycles. The number of nitrogens with zero attached hydrogens (tertiary/aromatic N) is 1. The third kappa shape index (κ3) is 17.8. The van der Waals surface area contributed by atoms with Crippen LogP contribution in [-0.2, 0) is 17.8 Å². The standard InChI is InChI=1S/C21H38N.C13H18O2/c1-2-3-4-5-6-7-8-9-10-11-12-13-14-16-19-22-20-17-15-18-21-22;1-9(2)8-11-4-6-12(7-5-11)10(3)13(14)15/h15,17-18,20-21H,2-14,16,19H2,1H3;4-7,9-10H,8H2,1-3H3,(H,14,15)/q+1;/p-1. The maximum absolute atomic E-state index is 10.7. The average molecular weight is 510 g/mol. The van der Waals surface area contributed by atoms with Crippen LogP contribution >= 0.6 is 0 Å². The quantitative estimate of drug-likeness (QED) is 0.141. The highest BCUT2D eigenvalue weighted by atomic mass is 16.4. The highest BCUT2D eigenvalue weighted by Gasteiger charge is 2.06. The summed E-state index contributed by atoms with van der Waals surface area (Å²) in [5.74, 6) is -0.931. The molecular formula is C34H55NO2. The van der Waals surface area contributed by atoms with E-state index in [9.17, 15) is 9.90 Å². The Kier molecular flexibility index (Phi) is 19.4. The molecule has 0 aliphatic carbocycles. The molecule has 3 nitrogen and oxygen atoms in total. The van der Waals surface area contributed by atoms with Crippen molar-refractivity contribution in [3.05, 3.63) is 66.0 Å². The van der Waals surface area contributed by atoms with Gasteiger partial charge in [-0.2, -0.15) is 0 Å². The SMILES string of the molecule is CC(C)Cc1ccc(C(C)C(=O)[O-])cc1.CCCCCCCCCCCCCCCC[n+]1ccccc1. The van der Waals surface area contributed by atoms with Gasteiger partial charge in [0, 0.05) is 30.4 Å². The number of carbonyl (C=O) groups excluding carboxylic acids is 1. The first kappa shape index (κ1) is 32.9. The summed E-state index contributed by atoms with van der Waals surface area (Å²) in [6, 6.07) is 14.1. The molecule has 0 amide bonds. The van der Waals surface area contributed by atoms with Gasteiger partial charge >= 0.3 is 0 Å². The van der Waals surface area contributed by atoms with E-state index in [1.807, 2.05) is 24.3 Å². The summed E-state index contributed by atoms with van der Waals surface area (Å²) in [4.78, 5) is 10.7. The van der Waals surface area contributed by atoms with Crippen LogP contribution in [0.5, 0.6) is 0 Å². The Morgan fingerprint density at radius 3 is 1.59 bits per heavy atom. The highest BCUT2D eigenvalue weighted by molar-refractivity contribution is 5.73. The fraction of sp³-hybridized carbons (Fsp3) is 0.647. The van der Waals surface area contributed by atoms with Gasteiger partial charge < -0.3 is 9.90 Å². The first-order chi connectivity index (χ1) is 17.9. The maximum atomic E-state index is 10.7. The summed E-state index contributed by atoms with van der Waals surface area (Å²) in [5.41, 5.74) is 2.06. The van der Waals surface area contributed by atoms with Gasteiger partial charge in [-0.15, -0.1) is 0 Å². The lowest BCUT2D eigenvalue weighted by Gasteiger charge is -2.13. The van der Waals surface area contributed by atoms with Crippen LogP contribution < -0.4 is 9.67 Å². The zero-order valence-corrected chi connectivity index (χ0v) is 24.4. The summed E-state index contributed by atoms with van der Waals surface area (Å²) in [5, 5.41) is 10.7. The fourth-order valence-electron chi connectivity index (χ4n) is 4.62. The number of pyridine rings is 1. The van der Waals surface area contributed by atoms with Gasteiger partial charge in [-0.05, 0) is 29.9 Å². The number of carboxylic acids is 1. The van der Waals surface area contributed by atoms with Crippen molar-refractivity contribution in [1.29, 1.82) is 0 Å². The van der Waals surface area contributed by atoms with Crippen LogP contribution in [0.2, 0.25) is 0 Å². The van der Waals surface area contributed by atoms with Crippen LogP contribution in [0.3, 0.4) is 0 Å².